The lowest BCUT2D eigenvalue weighted by Gasteiger charge is -2.32. The Balaban J connectivity index is 2.94. The number of nitrogens with one attached hydrogen (secondary N) is 1. The first-order chi connectivity index (χ1) is 7.86. The summed E-state index contributed by atoms with van der Waals surface area (Å²) in [5.41, 5.74) is 1.05. The lowest BCUT2D eigenvalue weighted by atomic mass is 9.86. The van der Waals surface area contributed by atoms with Crippen LogP contribution in [0.4, 0.5) is 0 Å². The van der Waals surface area contributed by atoms with Crippen molar-refractivity contribution in [1.82, 2.24) is 9.88 Å². The Hall–Kier alpha value is -1.09. The van der Waals surface area contributed by atoms with E-state index in [0.29, 0.717) is 6.04 Å². The van der Waals surface area contributed by atoms with Crippen LogP contribution in [0.1, 0.15) is 33.3 Å². The molecule has 0 radical (unpaired) electrons. The van der Waals surface area contributed by atoms with Gasteiger partial charge in [0.05, 0.1) is 0 Å². The number of rotatable bonds is 4. The van der Waals surface area contributed by atoms with Gasteiger partial charge in [-0.05, 0) is 24.9 Å². The molecule has 0 amide bonds. The van der Waals surface area contributed by atoms with Crippen LogP contribution in [0, 0.1) is 12.3 Å². The van der Waals surface area contributed by atoms with Crippen molar-refractivity contribution in [3.63, 3.8) is 0 Å². The lowest BCUT2D eigenvalue weighted by Crippen LogP contribution is -2.45. The Labute approximate surface area is 104 Å². The number of aromatic nitrogens is 1. The van der Waals surface area contributed by atoms with E-state index in [9.17, 15) is 4.79 Å². The topological polar surface area (TPSA) is 34.0 Å². The zero-order chi connectivity index (χ0) is 13.1. The Kier molecular flexibility index (Phi) is 4.52. The molecule has 0 saturated carbocycles. The molecule has 1 N–H and O–H groups in total. The summed E-state index contributed by atoms with van der Waals surface area (Å²) in [4.78, 5) is 12.0. The van der Waals surface area contributed by atoms with E-state index in [2.05, 4.69) is 33.0 Å². The van der Waals surface area contributed by atoms with Crippen LogP contribution >= 0.6 is 0 Å². The van der Waals surface area contributed by atoms with Gasteiger partial charge in [-0.25, -0.2) is 0 Å². The van der Waals surface area contributed by atoms with E-state index in [1.807, 2.05) is 25.3 Å². The van der Waals surface area contributed by atoms with E-state index in [1.165, 1.54) is 0 Å². The molecule has 3 nitrogen and oxygen atoms in total. The van der Waals surface area contributed by atoms with E-state index in [-0.39, 0.29) is 11.0 Å². The minimum Gasteiger partial charge on any atom is -0.314 e. The second-order valence-corrected chi connectivity index (χ2v) is 5.63. The van der Waals surface area contributed by atoms with Gasteiger partial charge in [-0.3, -0.25) is 4.79 Å². The van der Waals surface area contributed by atoms with Crippen molar-refractivity contribution in [2.24, 2.45) is 5.41 Å². The first-order valence-electron chi connectivity index (χ1n) is 6.25. The van der Waals surface area contributed by atoms with Crippen molar-refractivity contribution in [3.05, 3.63) is 34.2 Å². The third kappa shape index (κ3) is 3.70. The summed E-state index contributed by atoms with van der Waals surface area (Å²) in [5.74, 6) is 0. The summed E-state index contributed by atoms with van der Waals surface area (Å²) in [6.07, 6.45) is 1.87. The van der Waals surface area contributed by atoms with Crippen molar-refractivity contribution in [2.75, 3.05) is 6.54 Å². The largest absolute Gasteiger partial charge is 0.314 e. The molecule has 1 aromatic heterocycles. The molecule has 1 atom stereocenters. The number of nitrogens with zero attached hydrogens (tertiary/aromatic N) is 1. The molecule has 0 spiro atoms. The highest BCUT2D eigenvalue weighted by Gasteiger charge is 2.24. The average molecular weight is 236 g/mol. The third-order valence-corrected chi connectivity index (χ3v) is 3.09. The van der Waals surface area contributed by atoms with Gasteiger partial charge in [0.2, 0.25) is 0 Å². The molecule has 0 aliphatic heterocycles. The highest BCUT2D eigenvalue weighted by Crippen LogP contribution is 2.20. The fourth-order valence-corrected chi connectivity index (χ4v) is 1.89. The van der Waals surface area contributed by atoms with E-state index in [1.54, 1.807) is 4.57 Å². The zero-order valence-corrected chi connectivity index (χ0v) is 11.6. The van der Waals surface area contributed by atoms with Gasteiger partial charge in [-0.2, -0.15) is 0 Å². The van der Waals surface area contributed by atoms with Gasteiger partial charge in [-0.1, -0.05) is 33.8 Å². The Morgan fingerprint density at radius 3 is 2.59 bits per heavy atom. The van der Waals surface area contributed by atoms with Gasteiger partial charge in [0.25, 0.3) is 5.56 Å². The quantitative estimate of drug-likeness (QED) is 0.869. The molecular weight excluding hydrogens is 212 g/mol. The summed E-state index contributed by atoms with van der Waals surface area (Å²) in [7, 11) is 0. The molecule has 17 heavy (non-hydrogen) atoms. The SMILES string of the molecule is CCNC(Cn1cccc(C)c1=O)C(C)(C)C. The van der Waals surface area contributed by atoms with Gasteiger partial charge in [0.1, 0.15) is 0 Å². The van der Waals surface area contributed by atoms with Crippen molar-refractivity contribution in [3.8, 4) is 0 Å². The fourth-order valence-electron chi connectivity index (χ4n) is 1.89. The molecule has 96 valence electrons. The van der Waals surface area contributed by atoms with Crippen LogP contribution in [0.15, 0.2) is 23.1 Å². The standard InChI is InChI=1S/C14H24N2O/c1-6-15-12(14(3,4)5)10-16-9-7-8-11(2)13(16)17/h7-9,12,15H,6,10H2,1-5H3. The fraction of sp³-hybridized carbons (Fsp3) is 0.643. The predicted molar refractivity (Wildman–Crippen MR) is 72.4 cm³/mol. The summed E-state index contributed by atoms with van der Waals surface area (Å²) >= 11 is 0. The molecule has 0 aliphatic carbocycles. The highest BCUT2D eigenvalue weighted by molar-refractivity contribution is 5.07. The van der Waals surface area contributed by atoms with Gasteiger partial charge in [0.15, 0.2) is 0 Å². The van der Waals surface area contributed by atoms with Crippen LogP contribution in [0.3, 0.4) is 0 Å². The number of pyridine rings is 1. The Bertz CT molecular complexity index is 415. The normalized spacial score (nSPS) is 13.7. The molecule has 0 bridgehead atoms. The minimum absolute atomic E-state index is 0.111. The Morgan fingerprint density at radius 1 is 1.41 bits per heavy atom. The van der Waals surface area contributed by atoms with Crippen LogP contribution in [-0.4, -0.2) is 17.2 Å². The molecule has 0 fully saturated rings. The van der Waals surface area contributed by atoms with Crippen molar-refractivity contribution in [2.45, 2.75) is 47.2 Å². The molecule has 1 heterocycles. The predicted octanol–water partition coefficient (Wildman–Crippen LogP) is 2.18. The van der Waals surface area contributed by atoms with Crippen molar-refractivity contribution in [1.29, 1.82) is 0 Å². The van der Waals surface area contributed by atoms with Gasteiger partial charge < -0.3 is 9.88 Å². The number of hydrogen-bond donors (Lipinski definition) is 1. The molecule has 0 aromatic carbocycles. The molecular formula is C14H24N2O. The maximum absolute atomic E-state index is 12.0. The smallest absolute Gasteiger partial charge is 0.253 e. The average Bonchev–Trinajstić information content (AvgIpc) is 2.22. The first-order valence-corrected chi connectivity index (χ1v) is 6.25. The van der Waals surface area contributed by atoms with Crippen LogP contribution in [0.25, 0.3) is 0 Å². The van der Waals surface area contributed by atoms with E-state index in [4.69, 9.17) is 0 Å². The number of likely N-dealkylation sites (N-methyl/N-ethyl adjacent to an activating group) is 1. The summed E-state index contributed by atoms with van der Waals surface area (Å²) in [6, 6.07) is 4.09. The first kappa shape index (κ1) is 14.0. The third-order valence-electron chi connectivity index (χ3n) is 3.09. The second-order valence-electron chi connectivity index (χ2n) is 5.63. The molecule has 1 unspecified atom stereocenters. The molecule has 1 rings (SSSR count). The summed E-state index contributed by atoms with van der Waals surface area (Å²) < 4.78 is 1.80. The molecule has 3 heteroatoms. The molecule has 0 aliphatic rings. The lowest BCUT2D eigenvalue weighted by molar-refractivity contribution is 0.243. The molecule has 1 aromatic rings. The van der Waals surface area contributed by atoms with E-state index in [0.717, 1.165) is 18.7 Å². The maximum Gasteiger partial charge on any atom is 0.253 e. The number of aryl methyl sites for hydroxylation is 1. The minimum atomic E-state index is 0.111. The van der Waals surface area contributed by atoms with Gasteiger partial charge >= 0.3 is 0 Å². The highest BCUT2D eigenvalue weighted by atomic mass is 16.1. The van der Waals surface area contributed by atoms with E-state index >= 15 is 0 Å². The second kappa shape index (κ2) is 5.50. The van der Waals surface area contributed by atoms with Crippen molar-refractivity contribution < 1.29 is 0 Å². The Morgan fingerprint density at radius 2 is 2.06 bits per heavy atom. The van der Waals surface area contributed by atoms with Gasteiger partial charge in [-0.15, -0.1) is 0 Å². The van der Waals surface area contributed by atoms with Crippen molar-refractivity contribution >= 4 is 0 Å². The van der Waals surface area contributed by atoms with Crippen LogP contribution in [-0.2, 0) is 6.54 Å². The van der Waals surface area contributed by atoms with Crippen LogP contribution < -0.4 is 10.9 Å². The summed E-state index contributed by atoms with van der Waals surface area (Å²) in [5, 5.41) is 3.46. The maximum atomic E-state index is 12.0. The van der Waals surface area contributed by atoms with Gasteiger partial charge in [0, 0.05) is 24.3 Å². The monoisotopic (exact) mass is 236 g/mol. The summed E-state index contributed by atoms with van der Waals surface area (Å²) in [6.45, 7) is 12.2. The zero-order valence-electron chi connectivity index (χ0n) is 11.6. The van der Waals surface area contributed by atoms with E-state index < -0.39 is 0 Å². The number of hydrogen-bond acceptors (Lipinski definition) is 2. The van der Waals surface area contributed by atoms with Crippen LogP contribution in [0.2, 0.25) is 0 Å². The van der Waals surface area contributed by atoms with Crippen LogP contribution in [0.5, 0.6) is 0 Å². The molecule has 0 saturated heterocycles.